The summed E-state index contributed by atoms with van der Waals surface area (Å²) in [5.41, 5.74) is 0.0850. The molecule has 0 heterocycles. The van der Waals surface area contributed by atoms with Crippen LogP contribution in [0.5, 0.6) is 0 Å². The molecule has 0 saturated carbocycles. The highest BCUT2D eigenvalue weighted by Crippen LogP contribution is 2.27. The molecule has 0 spiro atoms. The molecule has 0 aromatic heterocycles. The van der Waals surface area contributed by atoms with E-state index in [-0.39, 0.29) is 16.0 Å². The first-order valence-electron chi connectivity index (χ1n) is 3.68. The van der Waals surface area contributed by atoms with Gasteiger partial charge in [-0.15, -0.1) is 0 Å². The number of nitrogens with zero attached hydrogens (tertiary/aromatic N) is 1. The van der Waals surface area contributed by atoms with Crippen LogP contribution in [0.3, 0.4) is 0 Å². The van der Waals surface area contributed by atoms with Gasteiger partial charge in [-0.2, -0.15) is 5.26 Å². The van der Waals surface area contributed by atoms with Crippen LogP contribution in [0.1, 0.15) is 11.1 Å². The van der Waals surface area contributed by atoms with Gasteiger partial charge >= 0.3 is 0 Å². The van der Waals surface area contributed by atoms with E-state index in [4.69, 9.17) is 21.1 Å². The minimum Gasteiger partial charge on any atom is -0.392 e. The van der Waals surface area contributed by atoms with Crippen LogP contribution in [0.15, 0.2) is 21.5 Å². The number of rotatable bonds is 2. The maximum Gasteiger partial charge on any atom is 0.262 e. The number of aliphatic hydroxyl groups excluding tert-OH is 1. The van der Waals surface area contributed by atoms with Crippen molar-refractivity contribution in [3.8, 4) is 6.07 Å². The van der Waals surface area contributed by atoms with Gasteiger partial charge in [0.05, 0.1) is 12.2 Å². The predicted molar refractivity (Wildman–Crippen MR) is 57.8 cm³/mol. The number of nitriles is 1. The molecule has 0 saturated heterocycles. The average molecular weight is 311 g/mol. The lowest BCUT2D eigenvalue weighted by Crippen LogP contribution is -2.00. The summed E-state index contributed by atoms with van der Waals surface area (Å²) in [6, 6.07) is 4.39. The van der Waals surface area contributed by atoms with Crippen LogP contribution in [0.2, 0.25) is 0 Å². The van der Waals surface area contributed by atoms with E-state index in [1.165, 1.54) is 12.1 Å². The Morgan fingerprint density at radius 3 is 2.53 bits per heavy atom. The lowest BCUT2D eigenvalue weighted by molar-refractivity contribution is 0.281. The lowest BCUT2D eigenvalue weighted by atomic mass is 10.1. The Kier molecular flexibility index (Phi) is 3.73. The third kappa shape index (κ3) is 2.69. The fourth-order valence-corrected chi connectivity index (χ4v) is 2.79. The quantitative estimate of drug-likeness (QED) is 0.844. The van der Waals surface area contributed by atoms with E-state index in [2.05, 4.69) is 15.9 Å². The highest BCUT2D eigenvalue weighted by molar-refractivity contribution is 9.10. The molecule has 1 aromatic carbocycles. The molecule has 1 aromatic rings. The van der Waals surface area contributed by atoms with E-state index >= 15 is 0 Å². The van der Waals surface area contributed by atoms with Crippen molar-refractivity contribution in [2.24, 2.45) is 0 Å². The fraction of sp³-hybridized carbons (Fsp3) is 0.125. The molecule has 0 aliphatic rings. The van der Waals surface area contributed by atoms with Crippen LogP contribution in [-0.2, 0) is 15.7 Å². The second-order valence-electron chi connectivity index (χ2n) is 2.65. The van der Waals surface area contributed by atoms with Crippen LogP contribution < -0.4 is 0 Å². The van der Waals surface area contributed by atoms with Gasteiger partial charge in [-0.1, -0.05) is 15.9 Å². The molecule has 0 atom stereocenters. The molecule has 15 heavy (non-hydrogen) atoms. The molecule has 0 radical (unpaired) electrons. The molecule has 0 amide bonds. The standard InChI is InChI=1S/C8H5BrClNO3S/c9-6-1-5(4-12)7(3-11)8(2-6)15(10,13)14/h1-2,12H,4H2. The first kappa shape index (κ1) is 12.5. The highest BCUT2D eigenvalue weighted by Gasteiger charge is 2.19. The summed E-state index contributed by atoms with van der Waals surface area (Å²) in [5.74, 6) is 0. The average Bonchev–Trinajstić information content (AvgIpc) is 2.15. The second-order valence-corrected chi connectivity index (χ2v) is 6.10. The van der Waals surface area contributed by atoms with Gasteiger partial charge in [0.25, 0.3) is 9.05 Å². The Bertz CT molecular complexity index is 536. The van der Waals surface area contributed by atoms with E-state index in [0.29, 0.717) is 4.47 Å². The van der Waals surface area contributed by atoms with Crippen LogP contribution in [0.25, 0.3) is 0 Å². The van der Waals surface area contributed by atoms with Crippen LogP contribution >= 0.6 is 26.6 Å². The van der Waals surface area contributed by atoms with Crippen molar-refractivity contribution in [1.82, 2.24) is 0 Å². The SMILES string of the molecule is N#Cc1c(CO)cc(Br)cc1S(=O)(=O)Cl. The summed E-state index contributed by atoms with van der Waals surface area (Å²) < 4.78 is 22.7. The van der Waals surface area contributed by atoms with Crippen molar-refractivity contribution in [3.63, 3.8) is 0 Å². The Hall–Kier alpha value is -0.610. The number of hydrogen-bond donors (Lipinski definition) is 1. The zero-order valence-corrected chi connectivity index (χ0v) is 10.4. The summed E-state index contributed by atoms with van der Waals surface area (Å²) >= 11 is 3.07. The largest absolute Gasteiger partial charge is 0.392 e. The third-order valence-electron chi connectivity index (χ3n) is 1.69. The third-order valence-corrected chi connectivity index (χ3v) is 3.50. The molecule has 0 fully saturated rings. The van der Waals surface area contributed by atoms with Crippen LogP contribution in [0.4, 0.5) is 0 Å². The molecule has 7 heteroatoms. The summed E-state index contributed by atoms with van der Waals surface area (Å²) in [7, 11) is 1.17. The summed E-state index contributed by atoms with van der Waals surface area (Å²) in [6.45, 7) is -0.429. The van der Waals surface area contributed by atoms with Crippen molar-refractivity contribution in [3.05, 3.63) is 27.7 Å². The zero-order valence-electron chi connectivity index (χ0n) is 7.24. The lowest BCUT2D eigenvalue weighted by Gasteiger charge is -2.05. The van der Waals surface area contributed by atoms with Gasteiger partial charge in [0, 0.05) is 15.2 Å². The molecule has 0 unspecified atom stereocenters. The Morgan fingerprint density at radius 2 is 2.13 bits per heavy atom. The van der Waals surface area contributed by atoms with Crippen molar-refractivity contribution in [1.29, 1.82) is 5.26 Å². The minimum absolute atomic E-state index is 0.129. The summed E-state index contributed by atoms with van der Waals surface area (Å²) in [5, 5.41) is 17.7. The van der Waals surface area contributed by atoms with Gasteiger partial charge in [-0.25, -0.2) is 8.42 Å². The molecular formula is C8H5BrClNO3S. The predicted octanol–water partition coefficient (Wildman–Crippen LogP) is 1.74. The van der Waals surface area contributed by atoms with Crippen molar-refractivity contribution in [2.45, 2.75) is 11.5 Å². The molecular weight excluding hydrogens is 306 g/mol. The first-order chi connectivity index (χ1) is 6.90. The van der Waals surface area contributed by atoms with E-state index in [1.807, 2.05) is 0 Å². The smallest absolute Gasteiger partial charge is 0.262 e. The zero-order chi connectivity index (χ0) is 11.6. The van der Waals surface area contributed by atoms with Gasteiger partial charge in [0.15, 0.2) is 0 Å². The molecule has 80 valence electrons. The number of aliphatic hydroxyl groups is 1. The second kappa shape index (κ2) is 4.49. The number of hydrogen-bond acceptors (Lipinski definition) is 4. The van der Waals surface area contributed by atoms with Gasteiger partial charge in [-0.3, -0.25) is 0 Å². The van der Waals surface area contributed by atoms with Crippen molar-refractivity contribution in [2.75, 3.05) is 0 Å². The summed E-state index contributed by atoms with van der Waals surface area (Å²) in [4.78, 5) is -0.301. The Balaban J connectivity index is 3.66. The number of benzene rings is 1. The van der Waals surface area contributed by atoms with Crippen LogP contribution in [-0.4, -0.2) is 13.5 Å². The van der Waals surface area contributed by atoms with Gasteiger partial charge in [-0.05, 0) is 17.7 Å². The highest BCUT2D eigenvalue weighted by atomic mass is 79.9. The molecule has 4 nitrogen and oxygen atoms in total. The summed E-state index contributed by atoms with van der Waals surface area (Å²) in [6.07, 6.45) is 0. The molecule has 0 aliphatic carbocycles. The monoisotopic (exact) mass is 309 g/mol. The van der Waals surface area contributed by atoms with E-state index < -0.39 is 15.7 Å². The van der Waals surface area contributed by atoms with Crippen molar-refractivity contribution < 1.29 is 13.5 Å². The van der Waals surface area contributed by atoms with Gasteiger partial charge in [0.1, 0.15) is 11.0 Å². The Labute approximate surface area is 99.6 Å². The van der Waals surface area contributed by atoms with Crippen molar-refractivity contribution >= 4 is 35.7 Å². The maximum absolute atomic E-state index is 11.1. The van der Waals surface area contributed by atoms with E-state index in [0.717, 1.165) is 0 Å². The van der Waals surface area contributed by atoms with E-state index in [9.17, 15) is 8.42 Å². The van der Waals surface area contributed by atoms with Crippen LogP contribution in [0, 0.1) is 11.3 Å². The maximum atomic E-state index is 11.1. The van der Waals surface area contributed by atoms with Gasteiger partial charge in [0.2, 0.25) is 0 Å². The fourth-order valence-electron chi connectivity index (χ4n) is 1.08. The minimum atomic E-state index is -3.99. The molecule has 0 bridgehead atoms. The topological polar surface area (TPSA) is 78.2 Å². The van der Waals surface area contributed by atoms with E-state index in [1.54, 1.807) is 6.07 Å². The van der Waals surface area contributed by atoms with Gasteiger partial charge < -0.3 is 5.11 Å². The Morgan fingerprint density at radius 1 is 1.53 bits per heavy atom. The molecule has 1 N–H and O–H groups in total. The molecule has 1 rings (SSSR count). The first-order valence-corrected chi connectivity index (χ1v) is 6.78. The normalized spacial score (nSPS) is 11.1. The number of halogens is 2. The molecule has 0 aliphatic heterocycles.